The molecule has 3 rings (SSSR count). The lowest BCUT2D eigenvalue weighted by Crippen LogP contribution is -2.13. The third-order valence-corrected chi connectivity index (χ3v) is 5.09. The van der Waals surface area contributed by atoms with Gasteiger partial charge in [-0.05, 0) is 71.1 Å². The standard InChI is InChI=1S/C18H24N4S/c1-12-9-14(3)17-15(10-12)13(2)11-16-19-20-18(22(16)17)23-8-6-7-21(4)5/h9-11H,6-8H2,1-5H3. The predicted octanol–water partition coefficient (Wildman–Crippen LogP) is 3.85. The maximum Gasteiger partial charge on any atom is 0.196 e. The molecule has 2 aromatic heterocycles. The molecule has 0 amide bonds. The minimum absolute atomic E-state index is 0.942. The van der Waals surface area contributed by atoms with Crippen molar-refractivity contribution in [1.82, 2.24) is 19.5 Å². The summed E-state index contributed by atoms with van der Waals surface area (Å²) in [6, 6.07) is 6.64. The zero-order chi connectivity index (χ0) is 16.6. The van der Waals surface area contributed by atoms with Crippen LogP contribution in [-0.2, 0) is 0 Å². The topological polar surface area (TPSA) is 33.4 Å². The van der Waals surface area contributed by atoms with Gasteiger partial charge in [-0.2, -0.15) is 0 Å². The molecule has 2 heterocycles. The van der Waals surface area contributed by atoms with Crippen molar-refractivity contribution < 1.29 is 0 Å². The normalized spacial score (nSPS) is 11.9. The van der Waals surface area contributed by atoms with Crippen molar-refractivity contribution in [2.45, 2.75) is 32.3 Å². The summed E-state index contributed by atoms with van der Waals surface area (Å²) in [4.78, 5) is 2.22. The fourth-order valence-electron chi connectivity index (χ4n) is 3.05. The molecule has 0 aliphatic carbocycles. The van der Waals surface area contributed by atoms with Gasteiger partial charge in [0.25, 0.3) is 0 Å². The fraction of sp³-hybridized carbons (Fsp3) is 0.444. The number of rotatable bonds is 5. The quantitative estimate of drug-likeness (QED) is 0.526. The van der Waals surface area contributed by atoms with Gasteiger partial charge in [-0.25, -0.2) is 0 Å². The van der Waals surface area contributed by atoms with Crippen molar-refractivity contribution >= 4 is 28.3 Å². The van der Waals surface area contributed by atoms with E-state index < -0.39 is 0 Å². The molecule has 0 atom stereocenters. The average Bonchev–Trinajstić information content (AvgIpc) is 2.86. The van der Waals surface area contributed by atoms with Crippen LogP contribution in [0.4, 0.5) is 0 Å². The molecular formula is C18H24N4S. The number of nitrogens with zero attached hydrogens (tertiary/aromatic N) is 4. The van der Waals surface area contributed by atoms with E-state index in [0.29, 0.717) is 0 Å². The molecule has 0 bridgehead atoms. The number of aromatic nitrogens is 3. The first-order valence-corrected chi connectivity index (χ1v) is 8.99. The Bertz CT molecular complexity index is 851. The van der Waals surface area contributed by atoms with Gasteiger partial charge in [0.05, 0.1) is 5.52 Å². The first-order chi connectivity index (χ1) is 11.0. The zero-order valence-corrected chi connectivity index (χ0v) is 15.4. The van der Waals surface area contributed by atoms with Crippen LogP contribution < -0.4 is 0 Å². The first-order valence-electron chi connectivity index (χ1n) is 8.00. The van der Waals surface area contributed by atoms with Crippen molar-refractivity contribution in [2.24, 2.45) is 0 Å². The van der Waals surface area contributed by atoms with Crippen LogP contribution in [0.15, 0.2) is 23.4 Å². The molecule has 0 aliphatic heterocycles. The Hall–Kier alpha value is -1.59. The summed E-state index contributed by atoms with van der Waals surface area (Å²) in [5.74, 6) is 1.05. The highest BCUT2D eigenvalue weighted by Crippen LogP contribution is 2.29. The lowest BCUT2D eigenvalue weighted by molar-refractivity contribution is 0.410. The zero-order valence-electron chi connectivity index (χ0n) is 14.6. The lowest BCUT2D eigenvalue weighted by Gasteiger charge is -2.12. The maximum absolute atomic E-state index is 4.43. The van der Waals surface area contributed by atoms with Gasteiger partial charge in [0.15, 0.2) is 10.8 Å². The summed E-state index contributed by atoms with van der Waals surface area (Å²) in [7, 11) is 4.22. The molecule has 23 heavy (non-hydrogen) atoms. The van der Waals surface area contributed by atoms with Gasteiger partial charge in [0.1, 0.15) is 0 Å². The van der Waals surface area contributed by atoms with Gasteiger partial charge in [0, 0.05) is 11.1 Å². The average molecular weight is 328 g/mol. The van der Waals surface area contributed by atoms with Gasteiger partial charge in [-0.1, -0.05) is 23.4 Å². The van der Waals surface area contributed by atoms with Crippen LogP contribution in [0.5, 0.6) is 0 Å². The fourth-order valence-corrected chi connectivity index (χ4v) is 3.92. The van der Waals surface area contributed by atoms with E-state index in [1.165, 1.54) is 27.6 Å². The number of pyridine rings is 1. The second-order valence-electron chi connectivity index (χ2n) is 6.49. The first kappa shape index (κ1) is 16.3. The van der Waals surface area contributed by atoms with Crippen molar-refractivity contribution in [2.75, 3.05) is 26.4 Å². The van der Waals surface area contributed by atoms with Gasteiger partial charge in [-0.15, -0.1) is 10.2 Å². The maximum atomic E-state index is 4.43. The molecule has 0 aliphatic rings. The van der Waals surface area contributed by atoms with Crippen LogP contribution in [-0.4, -0.2) is 45.9 Å². The van der Waals surface area contributed by atoms with Crippen molar-refractivity contribution in [1.29, 1.82) is 0 Å². The smallest absolute Gasteiger partial charge is 0.196 e. The molecule has 0 unspecified atom stereocenters. The summed E-state index contributed by atoms with van der Waals surface area (Å²) in [6.45, 7) is 7.58. The highest BCUT2D eigenvalue weighted by atomic mass is 32.2. The molecule has 5 heteroatoms. The predicted molar refractivity (Wildman–Crippen MR) is 98.6 cm³/mol. The Balaban J connectivity index is 2.05. The van der Waals surface area contributed by atoms with E-state index >= 15 is 0 Å². The second kappa shape index (κ2) is 6.49. The Labute approximate surface area is 141 Å². The molecule has 3 aromatic rings. The number of benzene rings is 1. The minimum Gasteiger partial charge on any atom is -0.309 e. The van der Waals surface area contributed by atoms with Gasteiger partial charge < -0.3 is 4.90 Å². The lowest BCUT2D eigenvalue weighted by atomic mass is 10.0. The van der Waals surface area contributed by atoms with E-state index in [4.69, 9.17) is 0 Å². The molecule has 0 radical (unpaired) electrons. The Morgan fingerprint density at radius 1 is 1.04 bits per heavy atom. The van der Waals surface area contributed by atoms with Crippen LogP contribution in [0.2, 0.25) is 0 Å². The van der Waals surface area contributed by atoms with E-state index in [1.54, 1.807) is 11.8 Å². The van der Waals surface area contributed by atoms with Crippen LogP contribution in [0.1, 0.15) is 23.1 Å². The summed E-state index contributed by atoms with van der Waals surface area (Å²) >= 11 is 1.79. The summed E-state index contributed by atoms with van der Waals surface area (Å²) in [5, 5.41) is 11.1. The Morgan fingerprint density at radius 3 is 2.57 bits per heavy atom. The molecule has 0 N–H and O–H groups in total. The van der Waals surface area contributed by atoms with Crippen LogP contribution >= 0.6 is 11.8 Å². The summed E-state index contributed by atoms with van der Waals surface area (Å²) in [5.41, 5.74) is 6.02. The molecule has 1 aromatic carbocycles. The highest BCUT2D eigenvalue weighted by Gasteiger charge is 2.13. The van der Waals surface area contributed by atoms with Gasteiger partial charge in [0.2, 0.25) is 0 Å². The third-order valence-electron chi connectivity index (χ3n) is 4.08. The largest absolute Gasteiger partial charge is 0.309 e. The third kappa shape index (κ3) is 3.21. The van der Waals surface area contributed by atoms with E-state index in [-0.39, 0.29) is 0 Å². The Morgan fingerprint density at radius 2 is 1.83 bits per heavy atom. The van der Waals surface area contributed by atoms with E-state index in [9.17, 15) is 0 Å². The SMILES string of the molecule is Cc1cc(C)c2c(c1)c(C)cc1nnc(SCCCN(C)C)n12. The summed E-state index contributed by atoms with van der Waals surface area (Å²) < 4.78 is 2.22. The number of aryl methyl sites for hydroxylation is 3. The monoisotopic (exact) mass is 328 g/mol. The molecule has 0 saturated heterocycles. The van der Waals surface area contributed by atoms with Crippen LogP contribution in [0.25, 0.3) is 16.6 Å². The summed E-state index contributed by atoms with van der Waals surface area (Å²) in [6.07, 6.45) is 1.15. The molecule has 0 spiro atoms. The van der Waals surface area contributed by atoms with E-state index in [2.05, 4.69) is 72.6 Å². The number of hydrogen-bond acceptors (Lipinski definition) is 4. The molecule has 0 fully saturated rings. The Kier molecular flexibility index (Phi) is 4.60. The molecular weight excluding hydrogens is 304 g/mol. The van der Waals surface area contributed by atoms with E-state index in [0.717, 1.165) is 29.5 Å². The van der Waals surface area contributed by atoms with Crippen LogP contribution in [0, 0.1) is 20.8 Å². The van der Waals surface area contributed by atoms with Gasteiger partial charge in [-0.3, -0.25) is 4.40 Å². The molecule has 122 valence electrons. The number of hydrogen-bond donors (Lipinski definition) is 0. The van der Waals surface area contributed by atoms with Gasteiger partial charge >= 0.3 is 0 Å². The number of fused-ring (bicyclic) bond motifs is 3. The molecule has 0 saturated carbocycles. The van der Waals surface area contributed by atoms with Crippen LogP contribution in [0.3, 0.4) is 0 Å². The number of thioether (sulfide) groups is 1. The minimum atomic E-state index is 0.942. The van der Waals surface area contributed by atoms with Crippen molar-refractivity contribution in [3.8, 4) is 0 Å². The molecule has 4 nitrogen and oxygen atoms in total. The highest BCUT2D eigenvalue weighted by molar-refractivity contribution is 7.99. The van der Waals surface area contributed by atoms with Crippen molar-refractivity contribution in [3.05, 3.63) is 34.9 Å². The second-order valence-corrected chi connectivity index (χ2v) is 7.55. The van der Waals surface area contributed by atoms with E-state index in [1.807, 2.05) is 0 Å². The van der Waals surface area contributed by atoms with Crippen molar-refractivity contribution in [3.63, 3.8) is 0 Å².